The number of hydrogen-bond donors (Lipinski definition) is 4. The molecular formula is C8H14O7. The minimum absolute atomic E-state index is 0.553. The first-order chi connectivity index (χ1) is 6.97. The van der Waals surface area contributed by atoms with E-state index in [4.69, 9.17) is 9.84 Å². The van der Waals surface area contributed by atoms with Crippen molar-refractivity contribution in [2.45, 2.75) is 37.6 Å². The molecule has 0 radical (unpaired) electrons. The molecule has 2 unspecified atom stereocenters. The van der Waals surface area contributed by atoms with Gasteiger partial charge in [-0.3, -0.25) is 4.79 Å². The van der Waals surface area contributed by atoms with Crippen LogP contribution < -0.4 is 0 Å². The van der Waals surface area contributed by atoms with Gasteiger partial charge in [0.2, 0.25) is 6.29 Å². The summed E-state index contributed by atoms with van der Waals surface area (Å²) in [5.74, 6) is -0.695. The van der Waals surface area contributed by atoms with Crippen LogP contribution in [0.5, 0.6) is 0 Å². The molecule has 0 bridgehead atoms. The molecule has 1 fully saturated rings. The molecule has 0 aromatic carbocycles. The molecule has 88 valence electrons. The van der Waals surface area contributed by atoms with Crippen LogP contribution in [-0.4, -0.2) is 63.7 Å². The van der Waals surface area contributed by atoms with Crippen molar-refractivity contribution in [3.63, 3.8) is 0 Å². The van der Waals surface area contributed by atoms with Crippen LogP contribution in [-0.2, 0) is 14.3 Å². The fourth-order valence-corrected chi connectivity index (χ4v) is 1.33. The molecule has 1 saturated heterocycles. The number of rotatable bonds is 2. The summed E-state index contributed by atoms with van der Waals surface area (Å²) in [7, 11) is 0. The lowest BCUT2D eigenvalue weighted by atomic mass is 9.99. The average molecular weight is 222 g/mol. The molecule has 0 spiro atoms. The van der Waals surface area contributed by atoms with Crippen LogP contribution in [0.2, 0.25) is 0 Å². The van der Waals surface area contributed by atoms with Gasteiger partial charge in [0.05, 0.1) is 6.61 Å². The Balaban J connectivity index is 2.69. The van der Waals surface area contributed by atoms with Gasteiger partial charge in [0, 0.05) is 6.92 Å². The van der Waals surface area contributed by atoms with Crippen LogP contribution in [0.15, 0.2) is 0 Å². The Morgan fingerprint density at radius 1 is 1.27 bits per heavy atom. The summed E-state index contributed by atoms with van der Waals surface area (Å²) in [6.07, 6.45) is -6.95. The summed E-state index contributed by atoms with van der Waals surface area (Å²) in [5.41, 5.74) is 0. The highest BCUT2D eigenvalue weighted by molar-refractivity contribution is 5.66. The van der Waals surface area contributed by atoms with Crippen molar-refractivity contribution < 1.29 is 34.7 Å². The van der Waals surface area contributed by atoms with Crippen LogP contribution in [0.1, 0.15) is 6.92 Å². The fraction of sp³-hybridized carbons (Fsp3) is 0.875. The third-order valence-electron chi connectivity index (χ3n) is 2.13. The molecule has 7 heteroatoms. The molecule has 15 heavy (non-hydrogen) atoms. The first-order valence-electron chi connectivity index (χ1n) is 4.45. The van der Waals surface area contributed by atoms with Gasteiger partial charge in [-0.1, -0.05) is 0 Å². The van der Waals surface area contributed by atoms with Gasteiger partial charge in [-0.05, 0) is 0 Å². The molecule has 0 aromatic heterocycles. The van der Waals surface area contributed by atoms with Gasteiger partial charge in [0.15, 0.2) is 0 Å². The summed E-state index contributed by atoms with van der Waals surface area (Å²) in [6, 6.07) is 0. The van der Waals surface area contributed by atoms with Crippen molar-refractivity contribution in [1.82, 2.24) is 0 Å². The van der Waals surface area contributed by atoms with Gasteiger partial charge in [0.1, 0.15) is 24.4 Å². The Morgan fingerprint density at radius 3 is 2.33 bits per heavy atom. The smallest absolute Gasteiger partial charge is 0.305 e. The van der Waals surface area contributed by atoms with Crippen molar-refractivity contribution >= 4 is 5.97 Å². The highest BCUT2D eigenvalue weighted by Gasteiger charge is 2.44. The number of aliphatic hydroxyl groups excluding tert-OH is 4. The van der Waals surface area contributed by atoms with Gasteiger partial charge >= 0.3 is 5.97 Å². The van der Waals surface area contributed by atoms with Gasteiger partial charge in [-0.2, -0.15) is 0 Å². The van der Waals surface area contributed by atoms with Crippen molar-refractivity contribution in [1.29, 1.82) is 0 Å². The molecule has 1 heterocycles. The molecule has 1 rings (SSSR count). The molecule has 4 N–H and O–H groups in total. The summed E-state index contributed by atoms with van der Waals surface area (Å²) >= 11 is 0. The molecule has 0 saturated carbocycles. The Labute approximate surface area is 85.9 Å². The number of aliphatic hydroxyl groups is 4. The first kappa shape index (κ1) is 12.3. The second kappa shape index (κ2) is 4.86. The Kier molecular flexibility index (Phi) is 4.00. The minimum atomic E-state index is -1.54. The van der Waals surface area contributed by atoms with E-state index in [2.05, 4.69) is 4.74 Å². The number of hydrogen-bond acceptors (Lipinski definition) is 7. The van der Waals surface area contributed by atoms with Crippen LogP contribution >= 0.6 is 0 Å². The predicted molar refractivity (Wildman–Crippen MR) is 45.5 cm³/mol. The van der Waals surface area contributed by atoms with Gasteiger partial charge < -0.3 is 29.9 Å². The predicted octanol–water partition coefficient (Wildman–Crippen LogP) is -2.65. The van der Waals surface area contributed by atoms with E-state index < -0.39 is 43.3 Å². The molecule has 5 atom stereocenters. The lowest BCUT2D eigenvalue weighted by molar-refractivity contribution is -0.292. The number of esters is 1. The number of ether oxygens (including phenoxy) is 2. The molecule has 1 aliphatic rings. The van der Waals surface area contributed by atoms with Crippen LogP contribution in [0.4, 0.5) is 0 Å². The molecule has 1 aliphatic heterocycles. The highest BCUT2D eigenvalue weighted by Crippen LogP contribution is 2.21. The van der Waals surface area contributed by atoms with Crippen molar-refractivity contribution in [3.05, 3.63) is 0 Å². The molecule has 7 nitrogen and oxygen atoms in total. The lowest BCUT2D eigenvalue weighted by Crippen LogP contribution is -2.59. The summed E-state index contributed by atoms with van der Waals surface area (Å²) in [5, 5.41) is 36.8. The quantitative estimate of drug-likeness (QED) is 0.377. The van der Waals surface area contributed by atoms with E-state index in [1.54, 1.807) is 0 Å². The average Bonchev–Trinajstić information content (AvgIpc) is 2.18. The van der Waals surface area contributed by atoms with Crippen LogP contribution in [0.25, 0.3) is 0 Å². The third kappa shape index (κ3) is 2.64. The van der Waals surface area contributed by atoms with Crippen LogP contribution in [0.3, 0.4) is 0 Å². The van der Waals surface area contributed by atoms with Gasteiger partial charge in [-0.15, -0.1) is 0 Å². The summed E-state index contributed by atoms with van der Waals surface area (Å²) < 4.78 is 9.45. The van der Waals surface area contributed by atoms with Gasteiger partial charge in [0.25, 0.3) is 0 Å². The van der Waals surface area contributed by atoms with E-state index in [0.717, 1.165) is 6.92 Å². The fourth-order valence-electron chi connectivity index (χ4n) is 1.33. The maximum Gasteiger partial charge on any atom is 0.305 e. The van der Waals surface area contributed by atoms with E-state index in [0.29, 0.717) is 0 Å². The van der Waals surface area contributed by atoms with E-state index in [9.17, 15) is 20.1 Å². The maximum absolute atomic E-state index is 10.6. The zero-order valence-corrected chi connectivity index (χ0v) is 8.11. The zero-order chi connectivity index (χ0) is 11.6. The maximum atomic E-state index is 10.6. The molecule has 0 amide bonds. The van der Waals surface area contributed by atoms with Gasteiger partial charge in [-0.25, -0.2) is 0 Å². The summed E-state index contributed by atoms with van der Waals surface area (Å²) in [4.78, 5) is 10.6. The second-order valence-corrected chi connectivity index (χ2v) is 3.31. The van der Waals surface area contributed by atoms with Crippen molar-refractivity contribution in [2.24, 2.45) is 0 Å². The van der Waals surface area contributed by atoms with Crippen molar-refractivity contribution in [2.75, 3.05) is 6.61 Å². The van der Waals surface area contributed by atoms with E-state index in [1.807, 2.05) is 0 Å². The Bertz CT molecular complexity index is 229. The zero-order valence-electron chi connectivity index (χ0n) is 8.11. The van der Waals surface area contributed by atoms with E-state index >= 15 is 0 Å². The standard InChI is InChI=1S/C8H14O7/c1-3(10)14-8-7(13)6(12)5(11)4(2-9)15-8/h4-9,11-13H,2H2,1H3/t4?,5-,6-,7?,8-/m1/s1. The third-order valence-corrected chi connectivity index (χ3v) is 2.13. The molecular weight excluding hydrogens is 208 g/mol. The minimum Gasteiger partial charge on any atom is -0.433 e. The summed E-state index contributed by atoms with van der Waals surface area (Å²) in [6.45, 7) is 0.560. The lowest BCUT2D eigenvalue weighted by Gasteiger charge is -2.38. The Hall–Kier alpha value is -0.730. The molecule has 0 aromatic rings. The SMILES string of the molecule is CC(=O)O[C@@H]1OC(CO)[C@@H](O)[C@@H](O)C1O. The largest absolute Gasteiger partial charge is 0.433 e. The van der Waals surface area contributed by atoms with E-state index in [-0.39, 0.29) is 0 Å². The topological polar surface area (TPSA) is 116 Å². The number of carbonyl (C=O) groups is 1. The Morgan fingerprint density at radius 2 is 1.87 bits per heavy atom. The first-order valence-corrected chi connectivity index (χ1v) is 4.45. The monoisotopic (exact) mass is 222 g/mol. The number of carbonyl (C=O) groups excluding carboxylic acids is 1. The molecule has 0 aliphatic carbocycles. The normalized spacial score (nSPS) is 41.3. The second-order valence-electron chi connectivity index (χ2n) is 3.31. The van der Waals surface area contributed by atoms with Crippen molar-refractivity contribution in [3.8, 4) is 0 Å². The van der Waals surface area contributed by atoms with Crippen LogP contribution in [0, 0.1) is 0 Å². The van der Waals surface area contributed by atoms with E-state index in [1.165, 1.54) is 0 Å². The highest BCUT2D eigenvalue weighted by atomic mass is 16.7.